The van der Waals surface area contributed by atoms with Crippen molar-refractivity contribution in [3.8, 4) is 0 Å². The van der Waals surface area contributed by atoms with E-state index < -0.39 is 0 Å². The molecule has 1 aromatic carbocycles. The molecular formula is C21H37ClIN5S. The summed E-state index contributed by atoms with van der Waals surface area (Å²) in [7, 11) is 0. The lowest BCUT2D eigenvalue weighted by Crippen LogP contribution is -2.47. The zero-order valence-electron chi connectivity index (χ0n) is 18.0. The van der Waals surface area contributed by atoms with Crippen molar-refractivity contribution in [2.24, 2.45) is 10.9 Å². The highest BCUT2D eigenvalue weighted by molar-refractivity contribution is 14.0. The average Bonchev–Trinajstić information content (AvgIpc) is 2.71. The van der Waals surface area contributed by atoms with Crippen LogP contribution in [-0.2, 0) is 0 Å². The molecule has 2 rings (SSSR count). The van der Waals surface area contributed by atoms with Crippen molar-refractivity contribution in [3.05, 3.63) is 29.3 Å². The lowest BCUT2D eigenvalue weighted by Gasteiger charge is -2.35. The summed E-state index contributed by atoms with van der Waals surface area (Å²) < 4.78 is 0. The van der Waals surface area contributed by atoms with Crippen LogP contribution in [0.1, 0.15) is 20.8 Å². The summed E-state index contributed by atoms with van der Waals surface area (Å²) in [6.07, 6.45) is 0. The van der Waals surface area contributed by atoms with Gasteiger partial charge in [0.2, 0.25) is 0 Å². The van der Waals surface area contributed by atoms with E-state index in [1.165, 1.54) is 37.6 Å². The maximum absolute atomic E-state index is 5.93. The van der Waals surface area contributed by atoms with Gasteiger partial charge < -0.3 is 20.4 Å². The number of nitrogens with one attached hydrogen (secondary N) is 2. The molecule has 0 bridgehead atoms. The van der Waals surface area contributed by atoms with Crippen molar-refractivity contribution in [1.82, 2.24) is 20.4 Å². The number of halogens is 2. The molecule has 1 heterocycles. The van der Waals surface area contributed by atoms with E-state index in [2.05, 4.69) is 53.3 Å². The minimum Gasteiger partial charge on any atom is -0.357 e. The summed E-state index contributed by atoms with van der Waals surface area (Å²) in [6, 6.07) is 8.00. The Morgan fingerprint density at radius 1 is 1.10 bits per heavy atom. The molecule has 5 nitrogen and oxygen atoms in total. The monoisotopic (exact) mass is 553 g/mol. The van der Waals surface area contributed by atoms with E-state index in [0.717, 1.165) is 42.9 Å². The Morgan fingerprint density at radius 2 is 1.76 bits per heavy atom. The second kappa shape index (κ2) is 15.6. The molecule has 1 saturated heterocycles. The van der Waals surface area contributed by atoms with E-state index >= 15 is 0 Å². The lowest BCUT2D eigenvalue weighted by atomic mass is 10.1. The van der Waals surface area contributed by atoms with E-state index in [0.29, 0.717) is 5.92 Å². The molecule has 8 heteroatoms. The molecule has 166 valence electrons. The number of hydrogen-bond acceptors (Lipinski definition) is 4. The molecule has 1 fully saturated rings. The van der Waals surface area contributed by atoms with Crippen molar-refractivity contribution in [3.63, 3.8) is 0 Å². The summed E-state index contributed by atoms with van der Waals surface area (Å²) >= 11 is 7.76. The predicted molar refractivity (Wildman–Crippen MR) is 139 cm³/mol. The molecule has 1 aliphatic rings. The third-order valence-corrected chi connectivity index (χ3v) is 6.13. The standard InChI is InChI=1S/C21H36ClN5S.HI/c1-4-23-21(24-10-15-28-20-8-6-19(22)7-9-20)25-16-18(3)17-27-13-11-26(5-2)12-14-27;/h6-9,18H,4-5,10-17H2,1-3H3,(H2,23,24,25);1H. The van der Waals surface area contributed by atoms with Crippen LogP contribution in [-0.4, -0.2) is 80.4 Å². The Labute approximate surface area is 203 Å². The van der Waals surface area contributed by atoms with Crippen molar-refractivity contribution in [2.45, 2.75) is 25.7 Å². The molecular weight excluding hydrogens is 517 g/mol. The molecule has 1 atom stereocenters. The van der Waals surface area contributed by atoms with Gasteiger partial charge in [-0.05, 0) is 43.7 Å². The predicted octanol–water partition coefficient (Wildman–Crippen LogP) is 3.88. The van der Waals surface area contributed by atoms with Gasteiger partial charge in [-0.3, -0.25) is 4.99 Å². The van der Waals surface area contributed by atoms with Crippen LogP contribution in [0.15, 0.2) is 34.2 Å². The Morgan fingerprint density at radius 3 is 2.38 bits per heavy atom. The minimum atomic E-state index is 0. The van der Waals surface area contributed by atoms with E-state index in [1.807, 2.05) is 23.9 Å². The summed E-state index contributed by atoms with van der Waals surface area (Å²) in [5.74, 6) is 2.47. The fraction of sp³-hybridized carbons (Fsp3) is 0.667. The number of guanidine groups is 1. The number of benzene rings is 1. The van der Waals surface area contributed by atoms with Gasteiger partial charge in [0, 0.05) is 68.0 Å². The molecule has 1 unspecified atom stereocenters. The first-order valence-electron chi connectivity index (χ1n) is 10.5. The van der Waals surface area contributed by atoms with Crippen LogP contribution in [0.3, 0.4) is 0 Å². The Hall–Kier alpha value is -0.220. The Bertz CT molecular complexity index is 579. The van der Waals surface area contributed by atoms with Crippen molar-refractivity contribution < 1.29 is 0 Å². The van der Waals surface area contributed by atoms with E-state index in [1.54, 1.807) is 0 Å². The maximum Gasteiger partial charge on any atom is 0.191 e. The molecule has 1 aromatic rings. The molecule has 0 aliphatic carbocycles. The van der Waals surface area contributed by atoms with Crippen LogP contribution in [0.2, 0.25) is 5.02 Å². The van der Waals surface area contributed by atoms with Gasteiger partial charge in [0.25, 0.3) is 0 Å². The molecule has 0 aromatic heterocycles. The topological polar surface area (TPSA) is 42.9 Å². The van der Waals surface area contributed by atoms with Gasteiger partial charge >= 0.3 is 0 Å². The molecule has 0 saturated carbocycles. The third-order valence-electron chi connectivity index (χ3n) is 4.86. The van der Waals surface area contributed by atoms with Crippen LogP contribution in [0, 0.1) is 5.92 Å². The van der Waals surface area contributed by atoms with E-state index in [9.17, 15) is 0 Å². The normalized spacial score (nSPS) is 16.9. The Kier molecular flexibility index (Phi) is 14.4. The van der Waals surface area contributed by atoms with Gasteiger partial charge in [-0.25, -0.2) is 0 Å². The van der Waals surface area contributed by atoms with Gasteiger partial charge in [0.15, 0.2) is 5.96 Å². The highest BCUT2D eigenvalue weighted by atomic mass is 127. The van der Waals surface area contributed by atoms with Crippen LogP contribution in [0.25, 0.3) is 0 Å². The van der Waals surface area contributed by atoms with Gasteiger partial charge in [0.1, 0.15) is 0 Å². The average molecular weight is 554 g/mol. The zero-order chi connectivity index (χ0) is 20.2. The molecule has 1 aliphatic heterocycles. The second-order valence-corrected chi connectivity index (χ2v) is 8.89. The number of hydrogen-bond donors (Lipinski definition) is 2. The summed E-state index contributed by atoms with van der Waals surface area (Å²) in [6.45, 7) is 16.3. The molecule has 29 heavy (non-hydrogen) atoms. The molecule has 0 amide bonds. The second-order valence-electron chi connectivity index (χ2n) is 7.29. The largest absolute Gasteiger partial charge is 0.357 e. The highest BCUT2D eigenvalue weighted by Crippen LogP contribution is 2.19. The summed E-state index contributed by atoms with van der Waals surface area (Å²) in [5, 5.41) is 7.58. The zero-order valence-corrected chi connectivity index (χ0v) is 21.9. The van der Waals surface area contributed by atoms with Crippen molar-refractivity contribution >= 4 is 53.3 Å². The third kappa shape index (κ3) is 11.1. The van der Waals surface area contributed by atoms with Crippen molar-refractivity contribution in [2.75, 3.05) is 64.7 Å². The number of aliphatic imine (C=N–C) groups is 1. The van der Waals surface area contributed by atoms with Gasteiger partial charge in [-0.15, -0.1) is 35.7 Å². The van der Waals surface area contributed by atoms with E-state index in [4.69, 9.17) is 16.6 Å². The first-order valence-corrected chi connectivity index (χ1v) is 11.8. The van der Waals surface area contributed by atoms with E-state index in [-0.39, 0.29) is 24.0 Å². The summed E-state index contributed by atoms with van der Waals surface area (Å²) in [4.78, 5) is 11.1. The smallest absolute Gasteiger partial charge is 0.191 e. The SMILES string of the molecule is CCNC(=NCC(C)CN1CCN(CC)CC1)NCCSc1ccc(Cl)cc1.I. The van der Waals surface area contributed by atoms with Crippen LogP contribution >= 0.6 is 47.3 Å². The Balaban J connectivity index is 0.00000420. The lowest BCUT2D eigenvalue weighted by molar-refractivity contribution is 0.125. The minimum absolute atomic E-state index is 0. The number of rotatable bonds is 10. The van der Waals surface area contributed by atoms with Gasteiger partial charge in [-0.1, -0.05) is 25.4 Å². The van der Waals surface area contributed by atoms with Crippen LogP contribution in [0.4, 0.5) is 0 Å². The van der Waals surface area contributed by atoms with Crippen LogP contribution < -0.4 is 10.6 Å². The van der Waals surface area contributed by atoms with Gasteiger partial charge in [0.05, 0.1) is 0 Å². The number of likely N-dealkylation sites (N-methyl/N-ethyl adjacent to an activating group) is 1. The number of thioether (sulfide) groups is 1. The molecule has 0 spiro atoms. The first kappa shape index (κ1) is 26.8. The molecule has 0 radical (unpaired) electrons. The number of piperazine rings is 1. The fourth-order valence-electron chi connectivity index (χ4n) is 3.24. The maximum atomic E-state index is 5.93. The van der Waals surface area contributed by atoms with Crippen molar-refractivity contribution in [1.29, 1.82) is 0 Å². The quantitative estimate of drug-likeness (QED) is 0.151. The number of nitrogens with zero attached hydrogens (tertiary/aromatic N) is 3. The fourth-order valence-corrected chi connectivity index (χ4v) is 4.14. The summed E-state index contributed by atoms with van der Waals surface area (Å²) in [5.41, 5.74) is 0. The van der Waals surface area contributed by atoms with Gasteiger partial charge in [-0.2, -0.15) is 0 Å². The molecule has 2 N–H and O–H groups in total. The highest BCUT2D eigenvalue weighted by Gasteiger charge is 2.17. The first-order chi connectivity index (χ1) is 13.6. The van der Waals surface area contributed by atoms with Crippen LogP contribution in [0.5, 0.6) is 0 Å².